The van der Waals surface area contributed by atoms with Gasteiger partial charge in [0, 0.05) is 5.56 Å². The van der Waals surface area contributed by atoms with Gasteiger partial charge in [-0.1, -0.05) is 57.1 Å². The monoisotopic (exact) mass is 456 g/mol. The lowest BCUT2D eigenvalue weighted by Gasteiger charge is -2.25. The van der Waals surface area contributed by atoms with Gasteiger partial charge < -0.3 is 0 Å². The highest BCUT2D eigenvalue weighted by Crippen LogP contribution is 2.32. The quantitative estimate of drug-likeness (QED) is 0.262. The van der Waals surface area contributed by atoms with Gasteiger partial charge in [0.2, 0.25) is 0 Å². The highest BCUT2D eigenvalue weighted by Gasteiger charge is 2.24. The minimum atomic E-state index is -0.570. The molecule has 3 aromatic carbocycles. The fourth-order valence-corrected chi connectivity index (χ4v) is 4.44. The molecule has 1 aliphatic carbocycles. The van der Waals surface area contributed by atoms with Gasteiger partial charge in [0.05, 0.1) is 16.9 Å². The number of aryl methyl sites for hydroxylation is 1. The Balaban J connectivity index is 1.47. The third-order valence-corrected chi connectivity index (χ3v) is 6.51. The van der Waals surface area contributed by atoms with Crippen molar-refractivity contribution in [1.29, 1.82) is 0 Å². The lowest BCUT2D eigenvalue weighted by Crippen LogP contribution is -2.17. The first-order valence-electron chi connectivity index (χ1n) is 12.2. The van der Waals surface area contributed by atoms with Gasteiger partial charge in [0.15, 0.2) is 0 Å². The van der Waals surface area contributed by atoms with Crippen LogP contribution in [0.1, 0.15) is 67.3 Å². The highest BCUT2D eigenvalue weighted by molar-refractivity contribution is 5.50. The van der Waals surface area contributed by atoms with Crippen molar-refractivity contribution >= 4 is 11.4 Å². The Bertz CT molecular complexity index is 1220. The van der Waals surface area contributed by atoms with E-state index in [1.54, 1.807) is 24.3 Å². The van der Waals surface area contributed by atoms with E-state index in [0.29, 0.717) is 29.2 Å². The predicted octanol–water partition coefficient (Wildman–Crippen LogP) is 8.64. The van der Waals surface area contributed by atoms with E-state index in [2.05, 4.69) is 35.9 Å². The third-order valence-electron chi connectivity index (χ3n) is 6.51. The van der Waals surface area contributed by atoms with Gasteiger partial charge in [0.1, 0.15) is 11.6 Å². The summed E-state index contributed by atoms with van der Waals surface area (Å²) in [4.78, 5) is 0. The van der Waals surface area contributed by atoms with Crippen LogP contribution in [0.4, 0.5) is 20.2 Å². The highest BCUT2D eigenvalue weighted by atomic mass is 19.1. The van der Waals surface area contributed by atoms with Crippen LogP contribution >= 0.6 is 0 Å². The molecule has 0 aromatic heterocycles. The van der Waals surface area contributed by atoms with Crippen molar-refractivity contribution in [1.82, 2.24) is 0 Å². The maximum atomic E-state index is 15.1. The summed E-state index contributed by atoms with van der Waals surface area (Å²) in [5, 5.41) is 8.50. The SMILES string of the molecule is CCCCC1CCc2c(cc(F)c(C#Cc3ccc(N=Nc4ccc(CC)cc4)cc3)c2F)C1. The topological polar surface area (TPSA) is 24.7 Å². The van der Waals surface area contributed by atoms with Crippen LogP contribution in [0.2, 0.25) is 0 Å². The molecule has 0 heterocycles. The number of halogens is 2. The summed E-state index contributed by atoms with van der Waals surface area (Å²) in [6.07, 6.45) is 6.81. The summed E-state index contributed by atoms with van der Waals surface area (Å²) in [7, 11) is 0. The maximum absolute atomic E-state index is 15.1. The molecule has 0 saturated heterocycles. The molecule has 0 bridgehead atoms. The summed E-state index contributed by atoms with van der Waals surface area (Å²) < 4.78 is 29.8. The smallest absolute Gasteiger partial charge is 0.145 e. The second kappa shape index (κ2) is 11.2. The Morgan fingerprint density at radius 2 is 1.59 bits per heavy atom. The van der Waals surface area contributed by atoms with E-state index >= 15 is 4.39 Å². The largest absolute Gasteiger partial charge is 0.206 e. The minimum Gasteiger partial charge on any atom is -0.206 e. The zero-order chi connectivity index (χ0) is 23.9. The van der Waals surface area contributed by atoms with E-state index in [1.165, 1.54) is 18.1 Å². The molecule has 1 aliphatic rings. The first-order chi connectivity index (χ1) is 16.6. The van der Waals surface area contributed by atoms with Crippen LogP contribution in [0.25, 0.3) is 0 Å². The van der Waals surface area contributed by atoms with Crippen LogP contribution in [0.5, 0.6) is 0 Å². The van der Waals surface area contributed by atoms with Gasteiger partial charge in [-0.3, -0.25) is 0 Å². The molecule has 0 spiro atoms. The molecule has 34 heavy (non-hydrogen) atoms. The maximum Gasteiger partial charge on any atom is 0.145 e. The normalized spacial score (nSPS) is 15.1. The molecular formula is C30H30F2N2. The number of rotatable bonds is 6. The molecule has 0 fully saturated rings. The Morgan fingerprint density at radius 1 is 0.912 bits per heavy atom. The number of azo groups is 1. The minimum absolute atomic E-state index is 0.134. The van der Waals surface area contributed by atoms with Gasteiger partial charge in [-0.2, -0.15) is 10.2 Å². The molecule has 0 aliphatic heterocycles. The summed E-state index contributed by atoms with van der Waals surface area (Å²) in [6, 6.07) is 16.6. The molecule has 174 valence electrons. The van der Waals surface area contributed by atoms with Gasteiger partial charge in [-0.25, -0.2) is 8.78 Å². The van der Waals surface area contributed by atoms with Crippen LogP contribution in [0, 0.1) is 29.4 Å². The van der Waals surface area contributed by atoms with Crippen molar-refractivity contribution in [3.8, 4) is 11.8 Å². The lowest BCUT2D eigenvalue weighted by atomic mass is 9.80. The average Bonchev–Trinajstić information content (AvgIpc) is 2.87. The molecule has 4 heteroatoms. The number of benzene rings is 3. The lowest BCUT2D eigenvalue weighted by molar-refractivity contribution is 0.402. The predicted molar refractivity (Wildman–Crippen MR) is 134 cm³/mol. The second-order valence-electron chi connectivity index (χ2n) is 8.95. The fraction of sp³-hybridized carbons (Fsp3) is 0.333. The van der Waals surface area contributed by atoms with Crippen molar-refractivity contribution in [2.45, 2.75) is 58.8 Å². The van der Waals surface area contributed by atoms with E-state index in [-0.39, 0.29) is 5.56 Å². The summed E-state index contributed by atoms with van der Waals surface area (Å²) in [6.45, 7) is 4.28. The summed E-state index contributed by atoms with van der Waals surface area (Å²) in [5.41, 5.74) is 4.72. The number of unbranched alkanes of at least 4 members (excludes halogenated alkanes) is 1. The summed E-state index contributed by atoms with van der Waals surface area (Å²) >= 11 is 0. The fourth-order valence-electron chi connectivity index (χ4n) is 4.44. The van der Waals surface area contributed by atoms with Crippen molar-refractivity contribution < 1.29 is 8.78 Å². The Labute approximate surface area is 201 Å². The zero-order valence-electron chi connectivity index (χ0n) is 19.9. The Hall–Kier alpha value is -3.32. The van der Waals surface area contributed by atoms with E-state index in [1.807, 2.05) is 24.3 Å². The van der Waals surface area contributed by atoms with Gasteiger partial charge in [-0.15, -0.1) is 0 Å². The molecule has 0 saturated carbocycles. The van der Waals surface area contributed by atoms with Gasteiger partial charge in [0.25, 0.3) is 0 Å². The molecule has 4 rings (SSSR count). The average molecular weight is 457 g/mol. The molecular weight excluding hydrogens is 426 g/mol. The number of fused-ring (bicyclic) bond motifs is 1. The Kier molecular flexibility index (Phi) is 7.85. The first kappa shape index (κ1) is 23.8. The number of hydrogen-bond acceptors (Lipinski definition) is 2. The van der Waals surface area contributed by atoms with Gasteiger partial charge in [-0.05, 0) is 90.8 Å². The van der Waals surface area contributed by atoms with Crippen LogP contribution in [-0.4, -0.2) is 0 Å². The molecule has 0 amide bonds. The van der Waals surface area contributed by atoms with Crippen LogP contribution < -0.4 is 0 Å². The number of hydrogen-bond donors (Lipinski definition) is 0. The van der Waals surface area contributed by atoms with Crippen LogP contribution in [-0.2, 0) is 19.3 Å². The Morgan fingerprint density at radius 3 is 2.24 bits per heavy atom. The van der Waals surface area contributed by atoms with Crippen molar-refractivity contribution in [3.05, 3.63) is 94.0 Å². The molecule has 3 aromatic rings. The second-order valence-corrected chi connectivity index (χ2v) is 8.95. The van der Waals surface area contributed by atoms with Crippen LogP contribution in [0.15, 0.2) is 64.8 Å². The van der Waals surface area contributed by atoms with Crippen molar-refractivity contribution in [2.24, 2.45) is 16.1 Å². The molecule has 0 N–H and O–H groups in total. The van der Waals surface area contributed by atoms with E-state index in [9.17, 15) is 4.39 Å². The summed E-state index contributed by atoms with van der Waals surface area (Å²) in [5.74, 6) is 5.09. The van der Waals surface area contributed by atoms with E-state index < -0.39 is 11.6 Å². The third kappa shape index (κ3) is 5.78. The van der Waals surface area contributed by atoms with Gasteiger partial charge >= 0.3 is 0 Å². The van der Waals surface area contributed by atoms with E-state index in [0.717, 1.165) is 43.4 Å². The van der Waals surface area contributed by atoms with E-state index in [4.69, 9.17) is 0 Å². The number of nitrogens with zero attached hydrogens (tertiary/aromatic N) is 2. The first-order valence-corrected chi connectivity index (χ1v) is 12.2. The zero-order valence-corrected chi connectivity index (χ0v) is 19.9. The van der Waals surface area contributed by atoms with Crippen molar-refractivity contribution in [2.75, 3.05) is 0 Å². The molecule has 2 nitrogen and oxygen atoms in total. The molecule has 0 radical (unpaired) electrons. The standard InChI is InChI=1S/C30H30F2N2/c1-3-5-6-23-12-17-27-24(19-23)20-29(31)28(30(27)32)18-11-22-9-15-26(16-10-22)34-33-25-13-7-21(4-2)8-14-25/h7-10,13-16,20,23H,3-6,12,17,19H2,1-2H3. The van der Waals surface area contributed by atoms with Crippen LogP contribution in [0.3, 0.4) is 0 Å². The van der Waals surface area contributed by atoms with Crippen molar-refractivity contribution in [3.63, 3.8) is 0 Å². The molecule has 1 unspecified atom stereocenters. The molecule has 1 atom stereocenters.